The van der Waals surface area contributed by atoms with Gasteiger partial charge in [0, 0.05) is 23.2 Å². The number of hydrazone groups is 1. The van der Waals surface area contributed by atoms with E-state index in [1.165, 1.54) is 0 Å². The van der Waals surface area contributed by atoms with Crippen LogP contribution < -0.4 is 16.5 Å². The number of rotatable bonds is 5. The zero-order valence-corrected chi connectivity index (χ0v) is 18.3. The van der Waals surface area contributed by atoms with E-state index in [1.807, 2.05) is 37.3 Å². The van der Waals surface area contributed by atoms with Gasteiger partial charge in [0.15, 0.2) is 10.9 Å². The van der Waals surface area contributed by atoms with Crippen LogP contribution in [0.2, 0.25) is 0 Å². The van der Waals surface area contributed by atoms with E-state index >= 15 is 0 Å². The van der Waals surface area contributed by atoms with Crippen molar-refractivity contribution >= 4 is 46.0 Å². The lowest BCUT2D eigenvalue weighted by molar-refractivity contribution is 0.0994. The molecule has 1 aromatic heterocycles. The normalized spacial score (nSPS) is 14.3. The molecule has 0 fully saturated rings. The summed E-state index contributed by atoms with van der Waals surface area (Å²) >= 11 is 4.83. The Morgan fingerprint density at radius 3 is 2.41 bits per heavy atom. The highest BCUT2D eigenvalue weighted by Gasteiger charge is 2.28. The first kappa shape index (κ1) is 21.4. The summed E-state index contributed by atoms with van der Waals surface area (Å²) in [6.45, 7) is 1.85. The number of fused-ring (bicyclic) bond motifs is 1. The number of nitrogens with one attached hydrogen (secondary N) is 2. The van der Waals surface area contributed by atoms with Crippen LogP contribution in [0.1, 0.15) is 40.3 Å². The first-order chi connectivity index (χ1) is 15.5. The molecule has 162 valence electrons. The van der Waals surface area contributed by atoms with Crippen LogP contribution in [0.5, 0.6) is 0 Å². The molecule has 3 aromatic rings. The average molecular weight is 447 g/mol. The van der Waals surface area contributed by atoms with Gasteiger partial charge in [0.2, 0.25) is 0 Å². The van der Waals surface area contributed by atoms with Crippen LogP contribution in [-0.4, -0.2) is 16.7 Å². The van der Waals surface area contributed by atoms with Crippen molar-refractivity contribution in [2.45, 2.75) is 26.2 Å². The molecule has 0 unspecified atom stereocenters. The lowest BCUT2D eigenvalue weighted by Gasteiger charge is -2.13. The zero-order chi connectivity index (χ0) is 22.5. The number of nitrogens with two attached hydrogens (primary N) is 1. The predicted molar refractivity (Wildman–Crippen MR) is 128 cm³/mol. The summed E-state index contributed by atoms with van der Waals surface area (Å²) in [6, 6.07) is 16.6. The summed E-state index contributed by atoms with van der Waals surface area (Å²) in [6.07, 6.45) is 2.37. The molecule has 32 heavy (non-hydrogen) atoms. The van der Waals surface area contributed by atoms with E-state index in [0.717, 1.165) is 47.5 Å². The van der Waals surface area contributed by atoms with Crippen LogP contribution >= 0.6 is 12.2 Å². The van der Waals surface area contributed by atoms with Crippen LogP contribution in [0.25, 0.3) is 0 Å². The molecule has 4 rings (SSSR count). The molecule has 1 aliphatic carbocycles. The summed E-state index contributed by atoms with van der Waals surface area (Å²) in [7, 11) is 0. The number of aryl methyl sites for hydroxylation is 1. The van der Waals surface area contributed by atoms with E-state index in [1.54, 1.807) is 24.3 Å². The molecule has 0 saturated heterocycles. The van der Waals surface area contributed by atoms with E-state index in [4.69, 9.17) is 22.4 Å². The topological polar surface area (TPSA) is 117 Å². The Hall–Kier alpha value is -3.85. The van der Waals surface area contributed by atoms with Crippen molar-refractivity contribution < 1.29 is 9.21 Å². The highest BCUT2D eigenvalue weighted by atomic mass is 32.1. The van der Waals surface area contributed by atoms with Gasteiger partial charge in [0.25, 0.3) is 5.91 Å². The van der Waals surface area contributed by atoms with Crippen molar-refractivity contribution in [3.05, 3.63) is 77.2 Å². The lowest BCUT2D eigenvalue weighted by Crippen LogP contribution is -2.26. The number of amides is 1. The number of furan rings is 1. The molecule has 9 heteroatoms. The minimum absolute atomic E-state index is 0.0930. The Balaban J connectivity index is 1.48. The summed E-state index contributed by atoms with van der Waals surface area (Å²) in [4.78, 5) is 12.9. The van der Waals surface area contributed by atoms with Crippen LogP contribution in [0.15, 0.2) is 74.3 Å². The molecule has 1 amide bonds. The first-order valence-electron chi connectivity index (χ1n) is 10.1. The number of carbonyl (C=O) groups excluding carboxylic acids is 1. The maximum atomic E-state index is 12.9. The van der Waals surface area contributed by atoms with Gasteiger partial charge in [-0.15, -0.1) is 0 Å². The van der Waals surface area contributed by atoms with Gasteiger partial charge in [0.05, 0.1) is 17.1 Å². The molecule has 4 N–H and O–H groups in total. The summed E-state index contributed by atoms with van der Waals surface area (Å²) in [5, 5.41) is 15.6. The van der Waals surface area contributed by atoms with Gasteiger partial charge < -0.3 is 15.5 Å². The van der Waals surface area contributed by atoms with Crippen LogP contribution in [-0.2, 0) is 6.42 Å². The number of anilines is 1. The molecule has 0 atom stereocenters. The van der Waals surface area contributed by atoms with Crippen molar-refractivity contribution in [3.8, 4) is 0 Å². The molecule has 8 nitrogen and oxygen atoms in total. The fourth-order valence-electron chi connectivity index (χ4n) is 3.53. The molecular formula is C23H22N6O2S. The molecule has 0 radical (unpaired) electrons. The van der Waals surface area contributed by atoms with Crippen molar-refractivity contribution in [1.82, 2.24) is 5.43 Å². The van der Waals surface area contributed by atoms with E-state index in [-0.39, 0.29) is 16.8 Å². The smallest absolute Gasteiger partial charge is 0.291 e. The van der Waals surface area contributed by atoms with Gasteiger partial charge >= 0.3 is 0 Å². The van der Waals surface area contributed by atoms with E-state index in [2.05, 4.69) is 26.1 Å². The Morgan fingerprint density at radius 1 is 1.03 bits per heavy atom. The number of benzene rings is 2. The molecule has 0 bridgehead atoms. The highest BCUT2D eigenvalue weighted by Crippen LogP contribution is 2.30. The predicted octanol–water partition coefficient (Wildman–Crippen LogP) is 5.13. The van der Waals surface area contributed by atoms with Gasteiger partial charge in [-0.05, 0) is 68.4 Å². The molecule has 0 aliphatic heterocycles. The van der Waals surface area contributed by atoms with E-state index in [0.29, 0.717) is 11.4 Å². The number of azo groups is 1. The molecule has 1 heterocycles. The third-order valence-corrected chi connectivity index (χ3v) is 5.09. The fourth-order valence-corrected chi connectivity index (χ4v) is 3.57. The Bertz CT molecular complexity index is 1200. The first-order valence-corrected chi connectivity index (χ1v) is 10.5. The summed E-state index contributed by atoms with van der Waals surface area (Å²) in [5.74, 6) is 0.698. The second-order valence-corrected chi connectivity index (χ2v) is 7.72. The quantitative estimate of drug-likeness (QED) is 0.285. The Morgan fingerprint density at radius 2 is 1.72 bits per heavy atom. The maximum absolute atomic E-state index is 12.9. The van der Waals surface area contributed by atoms with Crippen molar-refractivity contribution in [2.24, 2.45) is 21.1 Å². The zero-order valence-electron chi connectivity index (χ0n) is 17.5. The fraction of sp³-hybridized carbons (Fsp3) is 0.174. The highest BCUT2D eigenvalue weighted by molar-refractivity contribution is 7.80. The Kier molecular flexibility index (Phi) is 6.37. The standard InChI is InChI=1S/C23H22N6O2S/c1-14-20-18(28-29-23(24)32)8-5-9-19(20)31-21(14)22(30)25-15-10-12-17(13-11-15)27-26-16-6-3-2-4-7-16/h2-4,6-7,10-13H,5,8-9H2,1H3,(H,25,30)(H3,24,29,32)/b27-26?,28-18+. The molecule has 1 aliphatic rings. The second kappa shape index (κ2) is 9.52. The van der Waals surface area contributed by atoms with Crippen LogP contribution in [0.3, 0.4) is 0 Å². The number of hydrogen-bond acceptors (Lipinski definition) is 6. The maximum Gasteiger partial charge on any atom is 0.291 e. The SMILES string of the molecule is Cc1c(C(=O)Nc2ccc(N=Nc3ccccc3)cc2)oc2c1/C(=N/NC(N)=S)CCC2. The summed E-state index contributed by atoms with van der Waals surface area (Å²) in [5.41, 5.74) is 12.6. The van der Waals surface area contributed by atoms with E-state index in [9.17, 15) is 4.79 Å². The molecule has 0 spiro atoms. The molecular weight excluding hydrogens is 424 g/mol. The Labute approximate surface area is 190 Å². The lowest BCUT2D eigenvalue weighted by atomic mass is 9.93. The number of carbonyl (C=O) groups is 1. The third kappa shape index (κ3) is 4.89. The van der Waals surface area contributed by atoms with Crippen LogP contribution in [0.4, 0.5) is 17.1 Å². The monoisotopic (exact) mass is 446 g/mol. The van der Waals surface area contributed by atoms with Crippen LogP contribution in [0, 0.1) is 6.92 Å². The number of hydrogen-bond donors (Lipinski definition) is 3. The van der Waals surface area contributed by atoms with Crippen molar-refractivity contribution in [2.75, 3.05) is 5.32 Å². The minimum atomic E-state index is -0.322. The third-order valence-electron chi connectivity index (χ3n) is 5.00. The van der Waals surface area contributed by atoms with E-state index < -0.39 is 0 Å². The van der Waals surface area contributed by atoms with Gasteiger partial charge in [-0.2, -0.15) is 15.3 Å². The van der Waals surface area contributed by atoms with Crippen molar-refractivity contribution in [1.29, 1.82) is 0 Å². The number of thiocarbonyl (C=S) groups is 1. The average Bonchev–Trinajstić information content (AvgIpc) is 3.15. The van der Waals surface area contributed by atoms with Gasteiger partial charge in [-0.3, -0.25) is 10.2 Å². The largest absolute Gasteiger partial charge is 0.455 e. The van der Waals surface area contributed by atoms with Gasteiger partial charge in [0.1, 0.15) is 5.76 Å². The van der Waals surface area contributed by atoms with Gasteiger partial charge in [-0.1, -0.05) is 18.2 Å². The molecule has 2 aromatic carbocycles. The minimum Gasteiger partial charge on any atom is -0.455 e. The summed E-state index contributed by atoms with van der Waals surface area (Å²) < 4.78 is 5.90. The molecule has 0 saturated carbocycles. The number of nitrogens with zero attached hydrogens (tertiary/aromatic N) is 3. The second-order valence-electron chi connectivity index (χ2n) is 7.28. The van der Waals surface area contributed by atoms with Gasteiger partial charge in [-0.25, -0.2) is 0 Å². The van der Waals surface area contributed by atoms with Crippen molar-refractivity contribution in [3.63, 3.8) is 0 Å².